The molecule has 0 fully saturated rings. The van der Waals surface area contributed by atoms with E-state index in [0.717, 1.165) is 12.2 Å². The number of allylic oxidation sites excluding steroid dienone is 1. The monoisotopic (exact) mass is 468 g/mol. The van der Waals surface area contributed by atoms with Gasteiger partial charge in [-0.3, -0.25) is 0 Å². The van der Waals surface area contributed by atoms with Crippen LogP contribution in [0.15, 0.2) is 30.9 Å². The zero-order valence-electron chi connectivity index (χ0n) is 17.6. The SMILES string of the molecule is C=CCc1ccc(OCOC)[c]([Sn]([CH2]CCC)([CH2]CCC)[CH2]CCC)c1. The molecular weight excluding hydrogens is 427 g/mol. The second kappa shape index (κ2) is 13.7. The van der Waals surface area contributed by atoms with Crippen molar-refractivity contribution in [3.8, 4) is 5.75 Å². The Kier molecular flexibility index (Phi) is 12.4. The average molecular weight is 467 g/mol. The third-order valence-corrected chi connectivity index (χ3v) is 21.0. The molecule has 0 saturated heterocycles. The van der Waals surface area contributed by atoms with Gasteiger partial charge in [-0.15, -0.1) is 0 Å². The summed E-state index contributed by atoms with van der Waals surface area (Å²) in [5.74, 6) is 1.10. The third-order valence-electron chi connectivity index (χ3n) is 5.35. The summed E-state index contributed by atoms with van der Waals surface area (Å²) in [6, 6.07) is 6.87. The van der Waals surface area contributed by atoms with Gasteiger partial charge in [-0.05, 0) is 0 Å². The van der Waals surface area contributed by atoms with Crippen LogP contribution in [-0.2, 0) is 11.2 Å². The van der Waals surface area contributed by atoms with Crippen molar-refractivity contribution in [2.75, 3.05) is 13.9 Å². The first-order valence-electron chi connectivity index (χ1n) is 10.5. The molecule has 0 aromatic heterocycles. The van der Waals surface area contributed by atoms with Gasteiger partial charge in [0.25, 0.3) is 0 Å². The third kappa shape index (κ3) is 7.26. The normalized spacial score (nSPS) is 11.5. The zero-order valence-corrected chi connectivity index (χ0v) is 20.5. The van der Waals surface area contributed by atoms with Gasteiger partial charge in [-0.1, -0.05) is 0 Å². The molecule has 0 aliphatic carbocycles. The van der Waals surface area contributed by atoms with Gasteiger partial charge in [0.15, 0.2) is 0 Å². The standard InChI is InChI=1S/C11H13O2.3C4H9.Sn/c1-3-4-10-5-7-11(8-6-10)13-9-12-2;3*1-3-4-2;/h3,5-7H,1,4,9H2,2H3;3*1,3-4H2,2H3;. The summed E-state index contributed by atoms with van der Waals surface area (Å²) >= 11 is -2.53. The molecule has 0 bridgehead atoms. The molecule has 0 atom stereocenters. The van der Waals surface area contributed by atoms with Gasteiger partial charge < -0.3 is 0 Å². The summed E-state index contributed by atoms with van der Waals surface area (Å²) in [6.07, 6.45) is 10.9. The Balaban J connectivity index is 3.39. The van der Waals surface area contributed by atoms with Gasteiger partial charge >= 0.3 is 167 Å². The molecule has 0 radical (unpaired) electrons. The minimum absolute atomic E-state index is 0.338. The summed E-state index contributed by atoms with van der Waals surface area (Å²) in [5.41, 5.74) is 1.38. The fraction of sp³-hybridized carbons (Fsp3) is 0.652. The predicted octanol–water partition coefficient (Wildman–Crippen LogP) is 6.45. The van der Waals surface area contributed by atoms with Crippen molar-refractivity contribution in [2.24, 2.45) is 0 Å². The summed E-state index contributed by atoms with van der Waals surface area (Å²) in [5, 5.41) is 0. The van der Waals surface area contributed by atoms with Crippen LogP contribution in [0.4, 0.5) is 0 Å². The number of ether oxygens (including phenoxy) is 2. The molecule has 0 amide bonds. The van der Waals surface area contributed by atoms with Crippen molar-refractivity contribution in [1.82, 2.24) is 0 Å². The molecular formula is C23H40O2Sn. The van der Waals surface area contributed by atoms with E-state index in [1.165, 1.54) is 57.4 Å². The maximum absolute atomic E-state index is 6.07. The van der Waals surface area contributed by atoms with Gasteiger partial charge in [0.1, 0.15) is 0 Å². The average Bonchev–Trinajstić information content (AvgIpc) is 2.67. The summed E-state index contributed by atoms with van der Waals surface area (Å²) in [6.45, 7) is 11.3. The van der Waals surface area contributed by atoms with E-state index in [4.69, 9.17) is 9.47 Å². The molecule has 0 spiro atoms. The Bertz CT molecular complexity index is 491. The number of hydrogen-bond donors (Lipinski definition) is 0. The van der Waals surface area contributed by atoms with E-state index in [-0.39, 0.29) is 0 Å². The minimum atomic E-state index is -2.53. The Labute approximate surface area is 166 Å². The number of methoxy groups -OCH3 is 1. The molecule has 0 N–H and O–H groups in total. The summed E-state index contributed by atoms with van der Waals surface area (Å²) < 4.78 is 17.2. The van der Waals surface area contributed by atoms with Crippen molar-refractivity contribution in [3.05, 3.63) is 36.4 Å². The quantitative estimate of drug-likeness (QED) is 0.168. The van der Waals surface area contributed by atoms with E-state index in [1.54, 1.807) is 10.7 Å². The first-order chi connectivity index (χ1) is 12.7. The van der Waals surface area contributed by atoms with Crippen LogP contribution in [-0.4, -0.2) is 32.3 Å². The van der Waals surface area contributed by atoms with Crippen molar-refractivity contribution in [1.29, 1.82) is 0 Å². The van der Waals surface area contributed by atoms with Crippen LogP contribution in [0.5, 0.6) is 5.75 Å². The Morgan fingerprint density at radius 3 is 2.00 bits per heavy atom. The van der Waals surface area contributed by atoms with Crippen molar-refractivity contribution in [2.45, 2.75) is 79.0 Å². The van der Waals surface area contributed by atoms with Crippen LogP contribution in [0.3, 0.4) is 0 Å². The Morgan fingerprint density at radius 1 is 0.962 bits per heavy atom. The fourth-order valence-electron chi connectivity index (χ4n) is 3.86. The van der Waals surface area contributed by atoms with Crippen LogP contribution >= 0.6 is 0 Å². The van der Waals surface area contributed by atoms with Crippen LogP contribution in [0.25, 0.3) is 0 Å². The molecule has 0 heterocycles. The molecule has 148 valence electrons. The van der Waals surface area contributed by atoms with E-state index in [9.17, 15) is 0 Å². The van der Waals surface area contributed by atoms with E-state index in [0.29, 0.717) is 6.79 Å². The summed E-state index contributed by atoms with van der Waals surface area (Å²) in [7, 11) is 1.70. The Morgan fingerprint density at radius 2 is 1.54 bits per heavy atom. The topological polar surface area (TPSA) is 18.5 Å². The van der Waals surface area contributed by atoms with Crippen molar-refractivity contribution < 1.29 is 9.47 Å². The van der Waals surface area contributed by atoms with Gasteiger partial charge in [0.2, 0.25) is 0 Å². The van der Waals surface area contributed by atoms with Crippen LogP contribution in [0.2, 0.25) is 13.3 Å². The van der Waals surface area contributed by atoms with E-state index in [2.05, 4.69) is 45.5 Å². The first kappa shape index (κ1) is 23.6. The molecule has 1 aromatic rings. The molecule has 1 aromatic carbocycles. The predicted molar refractivity (Wildman–Crippen MR) is 117 cm³/mol. The molecule has 0 unspecified atom stereocenters. The molecule has 0 aliphatic rings. The number of rotatable bonds is 15. The van der Waals surface area contributed by atoms with E-state index in [1.807, 2.05) is 6.08 Å². The first-order valence-corrected chi connectivity index (χ1v) is 18.0. The molecule has 2 nitrogen and oxygen atoms in total. The second-order valence-electron chi connectivity index (χ2n) is 7.47. The van der Waals surface area contributed by atoms with Crippen molar-refractivity contribution >= 4 is 22.0 Å². The molecule has 3 heteroatoms. The van der Waals surface area contributed by atoms with Crippen LogP contribution in [0.1, 0.15) is 64.9 Å². The second-order valence-corrected chi connectivity index (χ2v) is 20.6. The van der Waals surface area contributed by atoms with Gasteiger partial charge in [-0.25, -0.2) is 0 Å². The summed E-state index contributed by atoms with van der Waals surface area (Å²) in [4.78, 5) is 0. The van der Waals surface area contributed by atoms with Gasteiger partial charge in [-0.2, -0.15) is 0 Å². The van der Waals surface area contributed by atoms with E-state index < -0.39 is 18.4 Å². The van der Waals surface area contributed by atoms with Crippen LogP contribution < -0.4 is 8.32 Å². The molecule has 26 heavy (non-hydrogen) atoms. The molecule has 1 rings (SSSR count). The van der Waals surface area contributed by atoms with E-state index >= 15 is 0 Å². The molecule has 0 aliphatic heterocycles. The molecule has 0 saturated carbocycles. The Hall–Kier alpha value is -0.481. The number of hydrogen-bond acceptors (Lipinski definition) is 2. The van der Waals surface area contributed by atoms with Crippen LogP contribution in [0, 0.1) is 0 Å². The van der Waals surface area contributed by atoms with Gasteiger partial charge in [0, 0.05) is 0 Å². The van der Waals surface area contributed by atoms with Gasteiger partial charge in [0.05, 0.1) is 0 Å². The zero-order chi connectivity index (χ0) is 19.3. The number of unbranched alkanes of at least 4 members (excludes halogenated alkanes) is 3. The number of benzene rings is 1. The maximum atomic E-state index is 6.07. The van der Waals surface area contributed by atoms with Crippen molar-refractivity contribution in [3.63, 3.8) is 0 Å². The fourth-order valence-corrected chi connectivity index (χ4v) is 20.5.